The summed E-state index contributed by atoms with van der Waals surface area (Å²) in [5.74, 6) is -1.47. The van der Waals surface area contributed by atoms with Gasteiger partial charge < -0.3 is 10.4 Å². The molecule has 0 unspecified atom stereocenters. The summed E-state index contributed by atoms with van der Waals surface area (Å²) < 4.78 is 0. The van der Waals surface area contributed by atoms with Crippen molar-refractivity contribution in [3.8, 4) is 0 Å². The fraction of sp³-hybridized carbons (Fsp3) is 0.385. The molecule has 98 valence electrons. The molecule has 0 bridgehead atoms. The number of nitrogens with one attached hydrogen (secondary N) is 1. The van der Waals surface area contributed by atoms with Crippen LogP contribution < -0.4 is 5.32 Å². The molecular weight excluding hydrogens is 254 g/mol. The van der Waals surface area contributed by atoms with Crippen molar-refractivity contribution in [1.82, 2.24) is 5.32 Å². The van der Waals surface area contributed by atoms with Crippen LogP contribution in [0.15, 0.2) is 18.2 Å². The van der Waals surface area contributed by atoms with E-state index >= 15 is 0 Å². The van der Waals surface area contributed by atoms with Crippen LogP contribution in [0.2, 0.25) is 5.02 Å². The standard InChI is InChI=1S/C13H16ClNO3/c1-8-3-4-10(14)7-11(8)9(6-13(17)18)5-12(16)15-2/h3-4,7,9H,5-6H2,1-2H3,(H,15,16)(H,17,18)/t9-/m0/s1. The normalized spacial score (nSPS) is 11.9. The molecule has 0 radical (unpaired) electrons. The Morgan fingerprint density at radius 1 is 1.39 bits per heavy atom. The van der Waals surface area contributed by atoms with Crippen LogP contribution in [0.1, 0.15) is 29.9 Å². The number of rotatable bonds is 5. The van der Waals surface area contributed by atoms with Gasteiger partial charge in [0.25, 0.3) is 0 Å². The third-order valence-corrected chi connectivity index (χ3v) is 3.05. The SMILES string of the molecule is CNC(=O)C[C@@H](CC(=O)O)c1cc(Cl)ccc1C. The first kappa shape index (κ1) is 14.5. The smallest absolute Gasteiger partial charge is 0.303 e. The Kier molecular flexibility index (Phi) is 5.16. The monoisotopic (exact) mass is 269 g/mol. The number of carbonyl (C=O) groups excluding carboxylic acids is 1. The zero-order valence-electron chi connectivity index (χ0n) is 10.4. The van der Waals surface area contributed by atoms with Crippen molar-refractivity contribution in [2.45, 2.75) is 25.7 Å². The molecule has 1 rings (SSSR count). The number of hydrogen-bond acceptors (Lipinski definition) is 2. The number of carboxylic acids is 1. The molecular formula is C13H16ClNO3. The second-order valence-electron chi connectivity index (χ2n) is 4.17. The van der Waals surface area contributed by atoms with Crippen molar-refractivity contribution < 1.29 is 14.7 Å². The number of aliphatic carboxylic acids is 1. The summed E-state index contributed by atoms with van der Waals surface area (Å²) in [6.45, 7) is 1.88. The topological polar surface area (TPSA) is 66.4 Å². The molecule has 1 aromatic carbocycles. The molecule has 1 atom stereocenters. The summed E-state index contributed by atoms with van der Waals surface area (Å²) in [5.41, 5.74) is 1.75. The van der Waals surface area contributed by atoms with E-state index in [9.17, 15) is 9.59 Å². The number of hydrogen-bond donors (Lipinski definition) is 2. The first-order chi connectivity index (χ1) is 8.43. The molecule has 18 heavy (non-hydrogen) atoms. The maximum Gasteiger partial charge on any atom is 0.303 e. The van der Waals surface area contributed by atoms with E-state index in [4.69, 9.17) is 16.7 Å². The Balaban J connectivity index is 3.04. The molecule has 0 heterocycles. The zero-order chi connectivity index (χ0) is 13.7. The lowest BCUT2D eigenvalue weighted by Gasteiger charge is -2.17. The molecule has 0 aromatic heterocycles. The zero-order valence-corrected chi connectivity index (χ0v) is 11.1. The van der Waals surface area contributed by atoms with Crippen LogP contribution in [0.25, 0.3) is 0 Å². The van der Waals surface area contributed by atoms with Gasteiger partial charge in [-0.15, -0.1) is 0 Å². The molecule has 0 saturated carbocycles. The molecule has 1 amide bonds. The van der Waals surface area contributed by atoms with E-state index in [1.165, 1.54) is 7.05 Å². The van der Waals surface area contributed by atoms with Gasteiger partial charge in [-0.25, -0.2) is 0 Å². The molecule has 2 N–H and O–H groups in total. The first-order valence-corrected chi connectivity index (χ1v) is 6.00. The fourth-order valence-electron chi connectivity index (χ4n) is 1.88. The van der Waals surface area contributed by atoms with Crippen molar-refractivity contribution >= 4 is 23.5 Å². The van der Waals surface area contributed by atoms with Crippen LogP contribution in [-0.2, 0) is 9.59 Å². The Morgan fingerprint density at radius 2 is 2.06 bits per heavy atom. The number of carbonyl (C=O) groups is 2. The van der Waals surface area contributed by atoms with Gasteiger partial charge in [0.1, 0.15) is 0 Å². The highest BCUT2D eigenvalue weighted by Gasteiger charge is 2.20. The molecule has 0 fully saturated rings. The van der Waals surface area contributed by atoms with Crippen LogP contribution in [-0.4, -0.2) is 24.0 Å². The van der Waals surface area contributed by atoms with E-state index in [-0.39, 0.29) is 24.7 Å². The van der Waals surface area contributed by atoms with Gasteiger partial charge in [-0.1, -0.05) is 17.7 Å². The predicted molar refractivity (Wildman–Crippen MR) is 69.9 cm³/mol. The Hall–Kier alpha value is -1.55. The van der Waals surface area contributed by atoms with Crippen LogP contribution >= 0.6 is 11.6 Å². The molecule has 0 aliphatic heterocycles. The lowest BCUT2D eigenvalue weighted by Crippen LogP contribution is -2.22. The van der Waals surface area contributed by atoms with Gasteiger partial charge in [0, 0.05) is 24.4 Å². The third-order valence-electron chi connectivity index (χ3n) is 2.81. The number of carboxylic acid groups (broad SMARTS) is 1. The molecule has 4 nitrogen and oxygen atoms in total. The highest BCUT2D eigenvalue weighted by Crippen LogP contribution is 2.28. The Bertz CT molecular complexity index is 460. The third kappa shape index (κ3) is 4.04. The summed E-state index contributed by atoms with van der Waals surface area (Å²) in [5, 5.41) is 12.0. The van der Waals surface area contributed by atoms with Crippen molar-refractivity contribution in [3.63, 3.8) is 0 Å². The fourth-order valence-corrected chi connectivity index (χ4v) is 2.06. The van der Waals surface area contributed by atoms with Crippen molar-refractivity contribution in [3.05, 3.63) is 34.3 Å². The van der Waals surface area contributed by atoms with E-state index in [1.807, 2.05) is 13.0 Å². The summed E-state index contributed by atoms with van der Waals surface area (Å²) in [7, 11) is 1.53. The highest BCUT2D eigenvalue weighted by molar-refractivity contribution is 6.30. The van der Waals surface area contributed by atoms with E-state index in [0.29, 0.717) is 5.02 Å². The Labute approximate surface area is 111 Å². The van der Waals surface area contributed by atoms with E-state index in [0.717, 1.165) is 11.1 Å². The summed E-state index contributed by atoms with van der Waals surface area (Å²) in [6.07, 6.45) is 0.0542. The van der Waals surface area contributed by atoms with Gasteiger partial charge in [0.05, 0.1) is 6.42 Å². The second kappa shape index (κ2) is 6.40. The lowest BCUT2D eigenvalue weighted by atomic mass is 9.89. The summed E-state index contributed by atoms with van der Waals surface area (Å²) >= 11 is 5.92. The highest BCUT2D eigenvalue weighted by atomic mass is 35.5. The summed E-state index contributed by atoms with van der Waals surface area (Å²) in [4.78, 5) is 22.3. The van der Waals surface area contributed by atoms with Gasteiger partial charge in [-0.2, -0.15) is 0 Å². The molecule has 1 aromatic rings. The van der Waals surface area contributed by atoms with Crippen LogP contribution in [0, 0.1) is 6.92 Å². The maximum absolute atomic E-state index is 11.4. The number of amides is 1. The van der Waals surface area contributed by atoms with Gasteiger partial charge in [0.15, 0.2) is 0 Å². The maximum atomic E-state index is 11.4. The average Bonchev–Trinajstić information content (AvgIpc) is 2.30. The average molecular weight is 270 g/mol. The molecule has 0 saturated heterocycles. The van der Waals surface area contributed by atoms with Gasteiger partial charge in [-0.3, -0.25) is 9.59 Å². The molecule has 0 aliphatic carbocycles. The number of halogens is 1. The quantitative estimate of drug-likeness (QED) is 0.862. The van der Waals surface area contributed by atoms with Crippen molar-refractivity contribution in [1.29, 1.82) is 0 Å². The number of benzene rings is 1. The summed E-state index contributed by atoms with van der Waals surface area (Å²) in [6, 6.07) is 5.31. The molecule has 0 spiro atoms. The Morgan fingerprint density at radius 3 is 2.61 bits per heavy atom. The van der Waals surface area contributed by atoms with Gasteiger partial charge >= 0.3 is 5.97 Å². The lowest BCUT2D eigenvalue weighted by molar-refractivity contribution is -0.137. The minimum absolute atomic E-state index is 0.0887. The van der Waals surface area contributed by atoms with Crippen LogP contribution in [0.4, 0.5) is 0 Å². The van der Waals surface area contributed by atoms with Gasteiger partial charge in [-0.05, 0) is 30.2 Å². The van der Waals surface area contributed by atoms with E-state index in [1.54, 1.807) is 12.1 Å². The second-order valence-corrected chi connectivity index (χ2v) is 4.61. The molecule has 5 heteroatoms. The van der Waals surface area contributed by atoms with E-state index < -0.39 is 5.97 Å². The van der Waals surface area contributed by atoms with Crippen molar-refractivity contribution in [2.24, 2.45) is 0 Å². The largest absolute Gasteiger partial charge is 0.481 e. The van der Waals surface area contributed by atoms with Crippen molar-refractivity contribution in [2.75, 3.05) is 7.05 Å². The van der Waals surface area contributed by atoms with E-state index in [2.05, 4.69) is 5.32 Å². The predicted octanol–water partition coefficient (Wildman–Crippen LogP) is 2.34. The van der Waals surface area contributed by atoms with Crippen LogP contribution in [0.3, 0.4) is 0 Å². The first-order valence-electron chi connectivity index (χ1n) is 5.62. The minimum atomic E-state index is -0.928. The molecule has 0 aliphatic rings. The van der Waals surface area contributed by atoms with Gasteiger partial charge in [0.2, 0.25) is 5.91 Å². The van der Waals surface area contributed by atoms with Crippen LogP contribution in [0.5, 0.6) is 0 Å². The number of aryl methyl sites for hydroxylation is 1. The minimum Gasteiger partial charge on any atom is -0.481 e.